The minimum Gasteiger partial charge on any atom is -0.463 e. The Balaban J connectivity index is -0.0000000332. The molecule has 6 aromatic rings. The molecule has 112 heavy (non-hydrogen) atoms. The number of epoxide rings is 2. The van der Waals surface area contributed by atoms with E-state index in [1.807, 2.05) is 351 Å². The standard InChI is InChI=1S/2C6H12O4.6C6H6.2C4H8O2.4C3H8.8C2H6.2CH3Br.2CH3I.2CH4O.4CH4/c2*1-5(7)10-4-6(8)3-9-2;6*1-2-4-6-5-3-1;2*1-5-2-4-3-6-4;4*1-3-2;14*1-2;;;;/h2*6,8H,3-4H2,1-2H3;6*1-6H;2*4H,2-3H2,1H3;4*3H2,1-2H3;8*1-2H3;4*1H3;2*2H,1H3;4*1H4. The van der Waals surface area contributed by atoms with Gasteiger partial charge in [0.2, 0.25) is 0 Å². The molecule has 2 heterocycles. The van der Waals surface area contributed by atoms with Crippen LogP contribution < -0.4 is 0 Å². The van der Waals surface area contributed by atoms with Gasteiger partial charge in [0.25, 0.3) is 0 Å². The van der Waals surface area contributed by atoms with E-state index in [0.717, 1.165) is 40.6 Å². The second-order valence-electron chi connectivity index (χ2n) is 16.4. The fraction of sp³-hybridized carbons (Fsp3) is 0.596. The third kappa shape index (κ3) is 324. The van der Waals surface area contributed by atoms with Crippen molar-refractivity contribution in [3.63, 3.8) is 0 Å². The molecule has 6 aromatic carbocycles. The van der Waals surface area contributed by atoms with Gasteiger partial charge in [-0.2, -0.15) is 0 Å². The van der Waals surface area contributed by atoms with Gasteiger partial charge in [-0.3, -0.25) is 9.59 Å². The smallest absolute Gasteiger partial charge is 0.302 e. The van der Waals surface area contributed by atoms with Crippen LogP contribution in [0.1, 0.15) is 235 Å². The number of aliphatic hydroxyl groups excluding tert-OH is 4. The number of benzene rings is 6. The van der Waals surface area contributed by atoms with Gasteiger partial charge in [-0.15, -0.1) is 0 Å². The molecular formula is C94H192Br2I2O14. The number of methoxy groups -OCH3 is 4. The molecule has 4 atom stereocenters. The maximum atomic E-state index is 10.2. The van der Waals surface area contributed by atoms with Crippen LogP contribution in [0.3, 0.4) is 0 Å². The second kappa shape index (κ2) is 245. The normalized spacial score (nSPS) is 9.50. The molecule has 2 aliphatic rings. The largest absolute Gasteiger partial charge is 0.463 e. The molecule has 0 saturated carbocycles. The number of carbonyl (C=O) groups excluding carboxylic acids is 2. The van der Waals surface area contributed by atoms with Gasteiger partial charge in [-0.05, 0) is 21.5 Å². The highest BCUT2D eigenvalue weighted by Gasteiger charge is 2.21. The lowest BCUT2D eigenvalue weighted by Gasteiger charge is -2.07. The summed E-state index contributed by atoms with van der Waals surface area (Å²) >= 11 is 10.2. The molecule has 0 amide bonds. The molecule has 680 valence electrons. The Morgan fingerprint density at radius 2 is 0.402 bits per heavy atom. The third-order valence-corrected chi connectivity index (χ3v) is 7.19. The van der Waals surface area contributed by atoms with Gasteiger partial charge in [0, 0.05) is 56.5 Å². The number of hydrogen-bond donors (Lipinski definition) is 4. The average molecular weight is 1960 g/mol. The van der Waals surface area contributed by atoms with Crippen LogP contribution in [-0.2, 0) is 47.5 Å². The first-order chi connectivity index (χ1) is 52.8. The van der Waals surface area contributed by atoms with E-state index in [0.29, 0.717) is 12.2 Å². The molecule has 0 bridgehead atoms. The summed E-state index contributed by atoms with van der Waals surface area (Å²) in [5, 5.41) is 31.8. The highest BCUT2D eigenvalue weighted by molar-refractivity contribution is 14.1. The number of halogens is 4. The van der Waals surface area contributed by atoms with Crippen LogP contribution in [0, 0.1) is 0 Å². The van der Waals surface area contributed by atoms with Crippen molar-refractivity contribution in [3.05, 3.63) is 218 Å². The molecule has 0 radical (unpaired) electrons. The Morgan fingerprint density at radius 3 is 0.455 bits per heavy atom. The number of esters is 2. The van der Waals surface area contributed by atoms with E-state index in [1.54, 1.807) is 14.2 Å². The molecule has 8 rings (SSSR count). The fourth-order valence-corrected chi connectivity index (χ4v) is 3.92. The maximum Gasteiger partial charge on any atom is 0.302 e. The van der Waals surface area contributed by atoms with E-state index in [9.17, 15) is 9.59 Å². The zero-order chi connectivity index (χ0) is 89.1. The summed E-state index contributed by atoms with van der Waals surface area (Å²) in [7, 11) is 8.30. The third-order valence-electron chi connectivity index (χ3n) is 7.19. The van der Waals surface area contributed by atoms with Gasteiger partial charge in [-0.25, -0.2) is 0 Å². The van der Waals surface area contributed by atoms with Crippen LogP contribution in [0.2, 0.25) is 0 Å². The summed E-state index contributed by atoms with van der Waals surface area (Å²) in [4.78, 5) is 24.3. The summed E-state index contributed by atoms with van der Waals surface area (Å²) in [5.41, 5.74) is 0. The van der Waals surface area contributed by atoms with Crippen molar-refractivity contribution in [2.45, 2.75) is 260 Å². The predicted octanol–water partition coefficient (Wildman–Crippen LogP) is 29.1. The Hall–Kier alpha value is -3.72. The second-order valence-corrected chi connectivity index (χ2v) is 16.4. The first-order valence-electron chi connectivity index (χ1n) is 38.1. The molecule has 4 unspecified atom stereocenters. The molecule has 4 N–H and O–H groups in total. The van der Waals surface area contributed by atoms with Crippen LogP contribution >= 0.6 is 77.0 Å². The zero-order valence-electron chi connectivity index (χ0n) is 76.0. The summed E-state index contributed by atoms with van der Waals surface area (Å²) in [6.45, 7) is 55.3. The molecule has 0 aliphatic carbocycles. The van der Waals surface area contributed by atoms with Gasteiger partial charge in [-0.1, -0.05) is 517 Å². The molecule has 0 aromatic heterocycles. The molecule has 14 nitrogen and oxygen atoms in total. The molecule has 2 aliphatic heterocycles. The van der Waals surface area contributed by atoms with Gasteiger partial charge >= 0.3 is 11.9 Å². The monoisotopic (exact) mass is 1960 g/mol. The van der Waals surface area contributed by atoms with Crippen molar-refractivity contribution >= 4 is 89.0 Å². The maximum absolute atomic E-state index is 10.2. The van der Waals surface area contributed by atoms with Crippen molar-refractivity contribution in [1.82, 2.24) is 0 Å². The zero-order valence-corrected chi connectivity index (χ0v) is 83.4. The lowest BCUT2D eigenvalue weighted by Crippen LogP contribution is -2.22. The fourth-order valence-electron chi connectivity index (χ4n) is 3.92. The molecule has 2 saturated heterocycles. The van der Waals surface area contributed by atoms with Gasteiger partial charge < -0.3 is 58.3 Å². The number of rotatable bonds is 12. The summed E-state index contributed by atoms with van der Waals surface area (Å²) in [6.07, 6.45) is 4.42. The number of ether oxygens (including phenoxy) is 8. The summed E-state index contributed by atoms with van der Waals surface area (Å²) in [6, 6.07) is 72.0. The van der Waals surface area contributed by atoms with Crippen molar-refractivity contribution in [2.75, 3.05) is 117 Å². The molecular weight excluding hydrogens is 1770 g/mol. The topological polar surface area (TPSA) is 195 Å². The van der Waals surface area contributed by atoms with Crippen LogP contribution in [0.15, 0.2) is 218 Å². The first kappa shape index (κ1) is 175. The minimum absolute atomic E-state index is 0. The van der Waals surface area contributed by atoms with Crippen LogP contribution in [0.5, 0.6) is 0 Å². The highest BCUT2D eigenvalue weighted by Crippen LogP contribution is 2.07. The minimum atomic E-state index is -0.714. The number of alkyl halides is 4. The van der Waals surface area contributed by atoms with Crippen LogP contribution in [-0.4, -0.2) is 174 Å². The Kier molecular flexibility index (Phi) is 384. The Bertz CT molecular complexity index is 1430. The van der Waals surface area contributed by atoms with Crippen molar-refractivity contribution in [3.8, 4) is 0 Å². The van der Waals surface area contributed by atoms with Crippen molar-refractivity contribution in [2.24, 2.45) is 0 Å². The molecule has 18 heteroatoms. The van der Waals surface area contributed by atoms with Gasteiger partial charge in [0.15, 0.2) is 0 Å². The molecule has 2 fully saturated rings. The van der Waals surface area contributed by atoms with Crippen LogP contribution in [0.25, 0.3) is 0 Å². The van der Waals surface area contributed by atoms with E-state index in [2.05, 4.69) is 151 Å². The highest BCUT2D eigenvalue weighted by atomic mass is 127. The SMILES string of the molecule is C.C.C.C.CBr.CBr.CC.CC.CC.CC.CC.CC.CC.CC.CCC.CCC.CCC.CCC.CI.CI.CO.CO.COCC(O)COC(C)=O.COCC(O)COC(C)=O.COCC1CO1.COCC1CO1.c1ccccc1.c1ccccc1.c1ccccc1.c1ccccc1.c1ccccc1.c1ccccc1. The first-order valence-corrected chi connectivity index (χ1v) is 45.6. The number of aliphatic hydroxyl groups is 4. The summed E-state index contributed by atoms with van der Waals surface area (Å²) in [5.74, 6) is 2.84. The van der Waals surface area contributed by atoms with E-state index in [4.69, 9.17) is 39.4 Å². The van der Waals surface area contributed by atoms with Crippen LogP contribution in [0.4, 0.5) is 0 Å². The molecule has 0 spiro atoms. The van der Waals surface area contributed by atoms with E-state index >= 15 is 0 Å². The average Bonchev–Trinajstić information content (AvgIpc) is 1.82. The predicted molar refractivity (Wildman–Crippen MR) is 538 cm³/mol. The number of carbonyl (C=O) groups is 2. The lowest BCUT2D eigenvalue weighted by molar-refractivity contribution is -0.145. The van der Waals surface area contributed by atoms with E-state index in [1.165, 1.54) is 53.8 Å². The Morgan fingerprint density at radius 1 is 0.304 bits per heavy atom. The van der Waals surface area contributed by atoms with Crippen molar-refractivity contribution in [1.29, 1.82) is 0 Å². The van der Waals surface area contributed by atoms with E-state index in [-0.39, 0.29) is 56.1 Å². The van der Waals surface area contributed by atoms with Gasteiger partial charge in [0.1, 0.15) is 37.6 Å². The van der Waals surface area contributed by atoms with Gasteiger partial charge in [0.05, 0.1) is 39.6 Å². The Labute approximate surface area is 746 Å². The lowest BCUT2D eigenvalue weighted by atomic mass is 10.4. The number of hydrogen-bond acceptors (Lipinski definition) is 14. The van der Waals surface area contributed by atoms with E-state index < -0.39 is 24.1 Å². The van der Waals surface area contributed by atoms with Crippen molar-refractivity contribution < 1.29 is 67.9 Å². The summed E-state index contributed by atoms with van der Waals surface area (Å²) < 4.78 is 37.3. The quantitative estimate of drug-likeness (QED) is 0.0391.